The van der Waals surface area contributed by atoms with E-state index in [1.54, 1.807) is 30.6 Å². The summed E-state index contributed by atoms with van der Waals surface area (Å²) in [7, 11) is 1.49. The van der Waals surface area contributed by atoms with Crippen LogP contribution >= 0.6 is 0 Å². The number of nitrogens with one attached hydrogen (secondary N) is 1. The van der Waals surface area contributed by atoms with Gasteiger partial charge >= 0.3 is 5.97 Å². The maximum Gasteiger partial charge on any atom is 0.326 e. The molecule has 1 atom stereocenters. The number of methoxy groups -OCH3 is 1. The fourth-order valence-electron chi connectivity index (χ4n) is 3.06. The number of carboxylic acids is 1. The minimum absolute atomic E-state index is 0.176. The molecular weight excluding hydrogens is 396 g/mol. The molecule has 1 unspecified atom stereocenters. The van der Waals surface area contributed by atoms with E-state index in [0.717, 1.165) is 11.1 Å². The van der Waals surface area contributed by atoms with Gasteiger partial charge in [-0.15, -0.1) is 0 Å². The van der Waals surface area contributed by atoms with E-state index in [4.69, 9.17) is 9.47 Å². The molecule has 1 amide bonds. The largest absolute Gasteiger partial charge is 0.487 e. The first kappa shape index (κ1) is 22.0. The molecular formula is C24H24N2O5. The summed E-state index contributed by atoms with van der Waals surface area (Å²) in [6.45, 7) is 0.534. The molecule has 7 nitrogen and oxygen atoms in total. The van der Waals surface area contributed by atoms with Gasteiger partial charge in [-0.3, -0.25) is 9.78 Å². The molecule has 160 valence electrons. The summed E-state index contributed by atoms with van der Waals surface area (Å²) in [5, 5.41) is 12.0. The van der Waals surface area contributed by atoms with Crippen LogP contribution in [0.25, 0.3) is 11.1 Å². The number of benzene rings is 2. The molecule has 7 heteroatoms. The van der Waals surface area contributed by atoms with Crippen molar-refractivity contribution in [2.75, 3.05) is 13.7 Å². The van der Waals surface area contributed by atoms with Crippen LogP contribution in [0.4, 0.5) is 0 Å². The van der Waals surface area contributed by atoms with Crippen LogP contribution < -0.4 is 10.1 Å². The van der Waals surface area contributed by atoms with Gasteiger partial charge in [-0.25, -0.2) is 4.79 Å². The molecule has 3 aromatic rings. The van der Waals surface area contributed by atoms with Crippen LogP contribution in [0.5, 0.6) is 5.75 Å². The van der Waals surface area contributed by atoms with Crippen LogP contribution in [0.1, 0.15) is 22.3 Å². The first-order chi connectivity index (χ1) is 15.1. The predicted molar refractivity (Wildman–Crippen MR) is 116 cm³/mol. The zero-order chi connectivity index (χ0) is 22.1. The SMILES string of the molecule is COCCC(NC(=O)c1ccc(COc2cccnc2)cc1-c1ccccc1)C(=O)O. The van der Waals surface area contributed by atoms with E-state index < -0.39 is 17.9 Å². The van der Waals surface area contributed by atoms with Gasteiger partial charge in [0.15, 0.2) is 0 Å². The van der Waals surface area contributed by atoms with Crippen LogP contribution in [-0.4, -0.2) is 41.7 Å². The summed E-state index contributed by atoms with van der Waals surface area (Å²) in [5.41, 5.74) is 2.80. The minimum Gasteiger partial charge on any atom is -0.487 e. The summed E-state index contributed by atoms with van der Waals surface area (Å²) in [6.07, 6.45) is 3.48. The summed E-state index contributed by atoms with van der Waals surface area (Å²) >= 11 is 0. The van der Waals surface area contributed by atoms with Crippen molar-refractivity contribution in [2.45, 2.75) is 19.1 Å². The predicted octanol–water partition coefficient (Wildman–Crippen LogP) is 3.55. The molecule has 3 rings (SSSR count). The highest BCUT2D eigenvalue weighted by Crippen LogP contribution is 2.26. The number of carbonyl (C=O) groups is 2. The average molecular weight is 420 g/mol. The van der Waals surface area contributed by atoms with Crippen LogP contribution in [0, 0.1) is 0 Å². The molecule has 0 saturated heterocycles. The second kappa shape index (κ2) is 10.9. The molecule has 0 aliphatic heterocycles. The van der Waals surface area contributed by atoms with Gasteiger partial charge in [0.2, 0.25) is 0 Å². The summed E-state index contributed by atoms with van der Waals surface area (Å²) in [4.78, 5) is 28.5. The number of amides is 1. The maximum atomic E-state index is 13.0. The molecule has 0 aliphatic carbocycles. The zero-order valence-electron chi connectivity index (χ0n) is 17.2. The molecule has 2 N–H and O–H groups in total. The van der Waals surface area contributed by atoms with E-state index in [2.05, 4.69) is 10.3 Å². The Hall–Kier alpha value is -3.71. The van der Waals surface area contributed by atoms with Gasteiger partial charge in [0.05, 0.1) is 6.20 Å². The Labute approximate surface area is 180 Å². The number of nitrogens with zero attached hydrogens (tertiary/aromatic N) is 1. The lowest BCUT2D eigenvalue weighted by atomic mass is 9.96. The number of ether oxygens (including phenoxy) is 2. The Kier molecular flexibility index (Phi) is 7.73. The van der Waals surface area contributed by atoms with E-state index in [0.29, 0.717) is 23.5 Å². The molecule has 0 radical (unpaired) electrons. The van der Waals surface area contributed by atoms with Crippen molar-refractivity contribution < 1.29 is 24.2 Å². The highest BCUT2D eigenvalue weighted by atomic mass is 16.5. The quantitative estimate of drug-likeness (QED) is 0.521. The Morgan fingerprint density at radius 3 is 2.58 bits per heavy atom. The van der Waals surface area contributed by atoms with Crippen LogP contribution in [-0.2, 0) is 16.1 Å². The Morgan fingerprint density at radius 1 is 1.10 bits per heavy atom. The van der Waals surface area contributed by atoms with Crippen molar-refractivity contribution in [3.63, 3.8) is 0 Å². The topological polar surface area (TPSA) is 97.8 Å². The number of carbonyl (C=O) groups excluding carboxylic acids is 1. The highest BCUT2D eigenvalue weighted by molar-refractivity contribution is 6.02. The first-order valence-corrected chi connectivity index (χ1v) is 9.82. The van der Waals surface area contributed by atoms with Crippen molar-refractivity contribution in [1.82, 2.24) is 10.3 Å². The van der Waals surface area contributed by atoms with Gasteiger partial charge in [-0.1, -0.05) is 36.4 Å². The van der Waals surface area contributed by atoms with Gasteiger partial charge in [0.1, 0.15) is 18.4 Å². The molecule has 0 fully saturated rings. The monoisotopic (exact) mass is 420 g/mol. The lowest BCUT2D eigenvalue weighted by molar-refractivity contribution is -0.139. The standard InChI is InChI=1S/C24H24N2O5/c1-30-13-11-22(24(28)29)26-23(27)20-10-9-17(16-31-19-8-5-12-25-15-19)14-21(20)18-6-3-2-4-7-18/h2-10,12,14-15,22H,11,13,16H2,1H3,(H,26,27)(H,28,29). The van der Waals surface area contributed by atoms with Gasteiger partial charge < -0.3 is 19.9 Å². The maximum absolute atomic E-state index is 13.0. The lowest BCUT2D eigenvalue weighted by Gasteiger charge is -2.17. The Morgan fingerprint density at radius 2 is 1.90 bits per heavy atom. The van der Waals surface area contributed by atoms with E-state index in [1.807, 2.05) is 42.5 Å². The average Bonchev–Trinajstić information content (AvgIpc) is 2.81. The minimum atomic E-state index is -1.10. The summed E-state index contributed by atoms with van der Waals surface area (Å²) in [5.74, 6) is -0.914. The summed E-state index contributed by atoms with van der Waals surface area (Å²) in [6, 6.07) is 17.4. The zero-order valence-corrected chi connectivity index (χ0v) is 17.2. The first-order valence-electron chi connectivity index (χ1n) is 9.82. The number of aromatic nitrogens is 1. The van der Waals surface area contributed by atoms with E-state index in [-0.39, 0.29) is 13.0 Å². The van der Waals surface area contributed by atoms with Gasteiger partial charge in [0.25, 0.3) is 5.91 Å². The van der Waals surface area contributed by atoms with Crippen LogP contribution in [0.2, 0.25) is 0 Å². The third-order valence-electron chi connectivity index (χ3n) is 4.67. The lowest BCUT2D eigenvalue weighted by Crippen LogP contribution is -2.41. The van der Waals surface area contributed by atoms with Crippen molar-refractivity contribution in [3.05, 3.63) is 84.2 Å². The molecule has 2 aromatic carbocycles. The van der Waals surface area contributed by atoms with Crippen molar-refractivity contribution in [1.29, 1.82) is 0 Å². The number of hydrogen-bond donors (Lipinski definition) is 2. The Bertz CT molecular complexity index is 1010. The number of carboxylic acid groups (broad SMARTS) is 1. The molecule has 0 spiro atoms. The fraction of sp³-hybridized carbons (Fsp3) is 0.208. The van der Waals surface area contributed by atoms with Crippen molar-refractivity contribution >= 4 is 11.9 Å². The third-order valence-corrected chi connectivity index (χ3v) is 4.67. The fourth-order valence-corrected chi connectivity index (χ4v) is 3.06. The number of pyridine rings is 1. The molecule has 31 heavy (non-hydrogen) atoms. The number of aliphatic carboxylic acids is 1. The molecule has 0 aliphatic rings. The summed E-state index contributed by atoms with van der Waals surface area (Å²) < 4.78 is 10.7. The van der Waals surface area contributed by atoms with E-state index in [9.17, 15) is 14.7 Å². The molecule has 0 bridgehead atoms. The van der Waals surface area contributed by atoms with Gasteiger partial charge in [-0.2, -0.15) is 0 Å². The normalized spacial score (nSPS) is 11.5. The highest BCUT2D eigenvalue weighted by Gasteiger charge is 2.22. The van der Waals surface area contributed by atoms with Gasteiger partial charge in [-0.05, 0) is 41.0 Å². The van der Waals surface area contributed by atoms with Crippen LogP contribution in [0.3, 0.4) is 0 Å². The Balaban J connectivity index is 1.86. The second-order valence-corrected chi connectivity index (χ2v) is 6.87. The van der Waals surface area contributed by atoms with Gasteiger partial charge in [0, 0.05) is 31.9 Å². The molecule has 0 saturated carbocycles. The molecule has 1 aromatic heterocycles. The number of hydrogen-bond acceptors (Lipinski definition) is 5. The second-order valence-electron chi connectivity index (χ2n) is 6.87. The smallest absolute Gasteiger partial charge is 0.326 e. The molecule has 1 heterocycles. The van der Waals surface area contributed by atoms with E-state index in [1.165, 1.54) is 7.11 Å². The van der Waals surface area contributed by atoms with Crippen molar-refractivity contribution in [3.8, 4) is 16.9 Å². The number of rotatable bonds is 10. The van der Waals surface area contributed by atoms with E-state index >= 15 is 0 Å². The van der Waals surface area contributed by atoms with Crippen LogP contribution in [0.15, 0.2) is 73.1 Å². The third kappa shape index (κ3) is 6.13. The van der Waals surface area contributed by atoms with Crippen molar-refractivity contribution in [2.24, 2.45) is 0 Å².